The van der Waals surface area contributed by atoms with Crippen molar-refractivity contribution in [2.45, 2.75) is 57.1 Å². The zero-order valence-corrected chi connectivity index (χ0v) is 23.2. The van der Waals surface area contributed by atoms with Gasteiger partial charge in [0.15, 0.2) is 0 Å². The summed E-state index contributed by atoms with van der Waals surface area (Å²) in [7, 11) is -4.68. The quantitative estimate of drug-likeness (QED) is 0.458. The third-order valence-electron chi connectivity index (χ3n) is 7.05. The van der Waals surface area contributed by atoms with Crippen LogP contribution < -0.4 is 10.2 Å². The van der Waals surface area contributed by atoms with Crippen molar-refractivity contribution in [3.63, 3.8) is 0 Å². The molecular weight excluding hydrogens is 542 g/mol. The van der Waals surface area contributed by atoms with E-state index in [9.17, 15) is 22.0 Å². The fraction of sp³-hybridized carbons (Fsp3) is 0.481. The number of hydrogen-bond acceptors (Lipinski definition) is 8. The number of fused-ring (bicyclic) bond motifs is 1. The van der Waals surface area contributed by atoms with Gasteiger partial charge >= 0.3 is 5.76 Å². The summed E-state index contributed by atoms with van der Waals surface area (Å²) in [5.74, 6) is -2.99. The minimum absolute atomic E-state index is 0.0156. The van der Waals surface area contributed by atoms with Crippen molar-refractivity contribution < 1.29 is 26.7 Å². The van der Waals surface area contributed by atoms with Crippen LogP contribution in [0.3, 0.4) is 0 Å². The molecule has 3 aromatic heterocycles. The van der Waals surface area contributed by atoms with E-state index in [0.717, 1.165) is 34.3 Å². The molecular formula is C27H32F2N6O4S. The second-order valence-corrected chi connectivity index (χ2v) is 12.3. The van der Waals surface area contributed by atoms with Gasteiger partial charge in [-0.05, 0) is 57.0 Å². The van der Waals surface area contributed by atoms with Crippen LogP contribution in [-0.4, -0.2) is 83.8 Å². The Morgan fingerprint density at radius 3 is 2.60 bits per heavy atom. The normalized spacial score (nSPS) is 22.5. The average Bonchev–Trinajstić information content (AvgIpc) is 2.92. The van der Waals surface area contributed by atoms with Crippen molar-refractivity contribution in [2.75, 3.05) is 31.1 Å². The molecule has 10 nitrogen and oxygen atoms in total. The Kier molecular flexibility index (Phi) is 8.24. The maximum absolute atomic E-state index is 12.9. The van der Waals surface area contributed by atoms with Gasteiger partial charge in [0.1, 0.15) is 5.82 Å². The average molecular weight is 575 g/mol. The molecule has 0 radical (unpaired) electrons. The monoisotopic (exact) mass is 574 g/mol. The third-order valence-corrected chi connectivity index (χ3v) is 8.55. The summed E-state index contributed by atoms with van der Waals surface area (Å²) in [6.07, 6.45) is 2.70. The van der Waals surface area contributed by atoms with Gasteiger partial charge in [0.25, 0.3) is 10.0 Å². The van der Waals surface area contributed by atoms with Gasteiger partial charge in [0.2, 0.25) is 5.91 Å². The van der Waals surface area contributed by atoms with E-state index in [0.29, 0.717) is 29.7 Å². The largest absolute Gasteiger partial charge is 0.372 e. The van der Waals surface area contributed by atoms with Crippen molar-refractivity contribution in [1.29, 1.82) is 0 Å². The summed E-state index contributed by atoms with van der Waals surface area (Å²) in [4.78, 5) is 28.9. The number of anilines is 1. The van der Waals surface area contributed by atoms with Crippen LogP contribution in [0.2, 0.25) is 0 Å². The molecule has 3 aromatic rings. The number of amides is 1. The van der Waals surface area contributed by atoms with E-state index in [2.05, 4.69) is 15.2 Å². The number of rotatable bonds is 7. The topological polar surface area (TPSA) is 118 Å². The van der Waals surface area contributed by atoms with Crippen LogP contribution in [0.1, 0.15) is 32.4 Å². The van der Waals surface area contributed by atoms with E-state index >= 15 is 0 Å². The number of pyridine rings is 3. The second-order valence-electron chi connectivity index (χ2n) is 10.4. The Bertz CT molecular complexity index is 1480. The zero-order chi connectivity index (χ0) is 28.4. The van der Waals surface area contributed by atoms with Gasteiger partial charge in [-0.3, -0.25) is 9.78 Å². The lowest BCUT2D eigenvalue weighted by Crippen LogP contribution is -2.51. The van der Waals surface area contributed by atoms with Gasteiger partial charge in [-0.15, -0.1) is 0 Å². The predicted octanol–water partition coefficient (Wildman–Crippen LogP) is 2.98. The number of nitrogens with one attached hydrogen (secondary N) is 1. The molecule has 0 saturated carbocycles. The number of carbonyl (C=O) groups is 1. The lowest BCUT2D eigenvalue weighted by atomic mass is 10.1. The van der Waals surface area contributed by atoms with Gasteiger partial charge in [0.05, 0.1) is 41.2 Å². The van der Waals surface area contributed by atoms with Crippen molar-refractivity contribution in [2.24, 2.45) is 0 Å². The first-order valence-corrected chi connectivity index (χ1v) is 14.8. The Morgan fingerprint density at radius 2 is 1.85 bits per heavy atom. The SMILES string of the molecule is C[C@@H]1CN(c2cccc(-c3ccc4cnc(CC(=O)N[C@@H]5CCCN(S(=O)(=O)C(F)F)C5)cc4n3)n2)C[C@H](C)O1. The fourth-order valence-corrected chi connectivity index (χ4v) is 6.25. The summed E-state index contributed by atoms with van der Waals surface area (Å²) < 4.78 is 56.1. The number of ether oxygens (including phenoxy) is 1. The predicted molar refractivity (Wildman–Crippen MR) is 146 cm³/mol. The molecule has 0 bridgehead atoms. The first-order chi connectivity index (χ1) is 19.1. The van der Waals surface area contributed by atoms with E-state index in [1.54, 1.807) is 12.3 Å². The number of alkyl halides is 2. The number of halogens is 2. The van der Waals surface area contributed by atoms with Gasteiger partial charge in [-0.1, -0.05) is 6.07 Å². The molecule has 0 aliphatic carbocycles. The van der Waals surface area contributed by atoms with Crippen molar-refractivity contribution in [1.82, 2.24) is 24.6 Å². The molecule has 0 unspecified atom stereocenters. The Morgan fingerprint density at radius 1 is 1.10 bits per heavy atom. The van der Waals surface area contributed by atoms with Crippen LogP contribution in [-0.2, 0) is 26.0 Å². The smallest absolute Gasteiger partial charge is 0.350 e. The van der Waals surface area contributed by atoms with Crippen molar-refractivity contribution in [3.05, 3.63) is 48.3 Å². The minimum atomic E-state index is -4.68. The molecule has 1 N–H and O–H groups in total. The van der Waals surface area contributed by atoms with Crippen LogP contribution in [0.15, 0.2) is 42.6 Å². The molecule has 0 aromatic carbocycles. The molecule has 3 atom stereocenters. The lowest BCUT2D eigenvalue weighted by molar-refractivity contribution is -0.121. The highest BCUT2D eigenvalue weighted by Crippen LogP contribution is 2.24. The van der Waals surface area contributed by atoms with Crippen LogP contribution in [0, 0.1) is 0 Å². The number of aromatic nitrogens is 3. The van der Waals surface area contributed by atoms with Gasteiger partial charge in [0, 0.05) is 43.8 Å². The molecule has 5 heterocycles. The molecule has 5 rings (SSSR count). The zero-order valence-electron chi connectivity index (χ0n) is 22.3. The lowest BCUT2D eigenvalue weighted by Gasteiger charge is -2.36. The minimum Gasteiger partial charge on any atom is -0.372 e. The highest BCUT2D eigenvalue weighted by molar-refractivity contribution is 7.89. The summed E-state index contributed by atoms with van der Waals surface area (Å²) in [6, 6.07) is 10.8. The molecule has 214 valence electrons. The van der Waals surface area contributed by atoms with E-state index in [-0.39, 0.29) is 37.6 Å². The Hall–Kier alpha value is -3.29. The molecule has 0 spiro atoms. The Labute approximate surface area is 231 Å². The number of hydrogen-bond donors (Lipinski definition) is 1. The van der Waals surface area contributed by atoms with Crippen LogP contribution >= 0.6 is 0 Å². The van der Waals surface area contributed by atoms with Gasteiger partial charge in [-0.25, -0.2) is 18.4 Å². The van der Waals surface area contributed by atoms with Gasteiger partial charge < -0.3 is 15.0 Å². The maximum Gasteiger partial charge on any atom is 0.350 e. The number of carbonyl (C=O) groups excluding carboxylic acids is 1. The standard InChI is InChI=1S/C27H32F2N6O4S/c1-17-14-34(15-18(2)39-17)25-7-3-6-22(33-25)23-9-8-19-13-30-21(11-24(19)32-23)12-26(36)31-20-5-4-10-35(16-20)40(37,38)27(28)29/h3,6-9,11,13,17-18,20,27H,4-5,10,12,14-16H2,1-2H3,(H,31,36)/t17-,18+,20-/m1/s1. The first kappa shape index (κ1) is 28.2. The number of nitrogens with zero attached hydrogens (tertiary/aromatic N) is 5. The molecule has 2 aliphatic rings. The summed E-state index contributed by atoms with van der Waals surface area (Å²) in [6.45, 7) is 5.44. The Balaban J connectivity index is 1.28. The highest BCUT2D eigenvalue weighted by Gasteiger charge is 2.36. The second kappa shape index (κ2) is 11.7. The van der Waals surface area contributed by atoms with Crippen molar-refractivity contribution in [3.8, 4) is 11.4 Å². The molecule has 2 aliphatic heterocycles. The van der Waals surface area contributed by atoms with Crippen molar-refractivity contribution >= 4 is 32.7 Å². The van der Waals surface area contributed by atoms with E-state index in [1.165, 1.54) is 0 Å². The number of sulfonamides is 1. The summed E-state index contributed by atoms with van der Waals surface area (Å²) >= 11 is 0. The fourth-order valence-electron chi connectivity index (χ4n) is 5.25. The third kappa shape index (κ3) is 6.37. The molecule has 2 fully saturated rings. The molecule has 13 heteroatoms. The summed E-state index contributed by atoms with van der Waals surface area (Å²) in [5.41, 5.74) is 2.55. The van der Waals surface area contributed by atoms with E-state index in [1.807, 2.05) is 44.2 Å². The van der Waals surface area contributed by atoms with E-state index in [4.69, 9.17) is 14.7 Å². The highest BCUT2D eigenvalue weighted by atomic mass is 32.2. The molecule has 1 amide bonds. The molecule has 2 saturated heterocycles. The van der Waals surface area contributed by atoms with E-state index < -0.39 is 21.8 Å². The van der Waals surface area contributed by atoms with Crippen LogP contribution in [0.5, 0.6) is 0 Å². The van der Waals surface area contributed by atoms with Crippen LogP contribution in [0.25, 0.3) is 22.3 Å². The number of morpholine rings is 1. The van der Waals surface area contributed by atoms with Gasteiger partial charge in [-0.2, -0.15) is 13.1 Å². The summed E-state index contributed by atoms with van der Waals surface area (Å²) in [5, 5.41) is 3.57. The van der Waals surface area contributed by atoms with Crippen LogP contribution in [0.4, 0.5) is 14.6 Å². The maximum atomic E-state index is 12.9. The first-order valence-electron chi connectivity index (χ1n) is 13.3. The number of piperidine rings is 1. The molecule has 40 heavy (non-hydrogen) atoms.